The zero-order chi connectivity index (χ0) is 23.3. The first-order valence-electron chi connectivity index (χ1n) is 10.8. The highest BCUT2D eigenvalue weighted by Crippen LogP contribution is 2.36. The molecule has 0 bridgehead atoms. The van der Waals surface area contributed by atoms with Gasteiger partial charge in [0.25, 0.3) is 0 Å². The molecule has 1 fully saturated rings. The number of aryl methyl sites for hydroxylation is 1. The third-order valence-electron chi connectivity index (χ3n) is 6.10. The third-order valence-corrected chi connectivity index (χ3v) is 6.10. The summed E-state index contributed by atoms with van der Waals surface area (Å²) in [4.78, 5) is 0. The summed E-state index contributed by atoms with van der Waals surface area (Å²) in [7, 11) is 0. The summed E-state index contributed by atoms with van der Waals surface area (Å²) in [5.74, 6) is -3.87. The molecule has 1 aliphatic carbocycles. The van der Waals surface area contributed by atoms with Gasteiger partial charge >= 0.3 is 12.7 Å². The molecule has 0 amide bonds. The standard InChI is InChI=1S/C24H26F6O2/c1-2-15-3-5-16(6-4-15)7-8-17-9-11-18(12-10-17)24(29,30)32-19-13-20(25)22(21(26)14-19)31-23(27)28/h9-16,23H,2-8H2,1H3. The molecular formula is C24H26F6O2. The molecule has 2 aromatic carbocycles. The van der Waals surface area contributed by atoms with Crippen molar-refractivity contribution < 1.29 is 35.8 Å². The summed E-state index contributed by atoms with van der Waals surface area (Å²) >= 11 is 0. The second-order valence-corrected chi connectivity index (χ2v) is 8.24. The van der Waals surface area contributed by atoms with Gasteiger partial charge in [-0.3, -0.25) is 0 Å². The van der Waals surface area contributed by atoms with Crippen LogP contribution in [0.1, 0.15) is 56.6 Å². The van der Waals surface area contributed by atoms with E-state index in [-0.39, 0.29) is 0 Å². The van der Waals surface area contributed by atoms with Gasteiger partial charge < -0.3 is 9.47 Å². The lowest BCUT2D eigenvalue weighted by atomic mass is 9.78. The lowest BCUT2D eigenvalue weighted by Gasteiger charge is -2.27. The monoisotopic (exact) mass is 460 g/mol. The van der Waals surface area contributed by atoms with Gasteiger partial charge in [0.15, 0.2) is 17.4 Å². The molecule has 32 heavy (non-hydrogen) atoms. The maximum Gasteiger partial charge on any atom is 0.426 e. The van der Waals surface area contributed by atoms with Crippen molar-refractivity contribution in [3.63, 3.8) is 0 Å². The number of benzene rings is 2. The Morgan fingerprint density at radius 2 is 1.50 bits per heavy atom. The van der Waals surface area contributed by atoms with Crippen molar-refractivity contribution in [2.45, 2.75) is 64.6 Å². The lowest BCUT2D eigenvalue weighted by molar-refractivity contribution is -0.185. The van der Waals surface area contributed by atoms with Gasteiger partial charge in [0.05, 0.1) is 5.56 Å². The van der Waals surface area contributed by atoms with Gasteiger partial charge in [0, 0.05) is 12.1 Å². The summed E-state index contributed by atoms with van der Waals surface area (Å²) in [6.07, 6.45) is 4.05. The molecule has 8 heteroatoms. The second-order valence-electron chi connectivity index (χ2n) is 8.24. The molecular weight excluding hydrogens is 434 g/mol. The second kappa shape index (κ2) is 10.5. The van der Waals surface area contributed by atoms with Gasteiger partial charge in [-0.05, 0) is 42.4 Å². The van der Waals surface area contributed by atoms with Crippen LogP contribution >= 0.6 is 0 Å². The van der Waals surface area contributed by atoms with E-state index < -0.39 is 41.4 Å². The minimum Gasteiger partial charge on any atom is -0.429 e. The number of hydrogen-bond donors (Lipinski definition) is 0. The highest BCUT2D eigenvalue weighted by atomic mass is 19.3. The summed E-state index contributed by atoms with van der Waals surface area (Å²) in [6.45, 7) is -1.24. The van der Waals surface area contributed by atoms with Gasteiger partial charge in [-0.15, -0.1) is 0 Å². The van der Waals surface area contributed by atoms with E-state index in [0.717, 1.165) is 24.3 Å². The van der Waals surface area contributed by atoms with E-state index >= 15 is 0 Å². The number of rotatable bonds is 9. The summed E-state index contributed by atoms with van der Waals surface area (Å²) < 4.78 is 89.0. The molecule has 0 spiro atoms. The molecule has 1 saturated carbocycles. The number of alkyl halides is 4. The molecule has 1 aliphatic rings. The minimum absolute atomic E-state index is 0.371. The van der Waals surface area contributed by atoms with Crippen LogP contribution in [0.25, 0.3) is 0 Å². The number of ether oxygens (including phenoxy) is 2. The number of hydrogen-bond acceptors (Lipinski definition) is 2. The van der Waals surface area contributed by atoms with Crippen molar-refractivity contribution in [2.24, 2.45) is 11.8 Å². The van der Waals surface area contributed by atoms with Crippen molar-refractivity contribution in [3.8, 4) is 11.5 Å². The SMILES string of the molecule is CCC1CCC(CCc2ccc(C(F)(F)Oc3cc(F)c(OC(F)F)c(F)c3)cc2)CC1. The Labute approximate surface area is 183 Å². The van der Waals surface area contributed by atoms with Gasteiger partial charge in [-0.2, -0.15) is 17.6 Å². The summed E-state index contributed by atoms with van der Waals surface area (Å²) in [5, 5.41) is 0. The minimum atomic E-state index is -3.87. The Morgan fingerprint density at radius 1 is 0.938 bits per heavy atom. The quantitative estimate of drug-likeness (QED) is 0.355. The predicted molar refractivity (Wildman–Crippen MR) is 108 cm³/mol. The van der Waals surface area contributed by atoms with Crippen LogP contribution in [0.2, 0.25) is 0 Å². The van der Waals surface area contributed by atoms with E-state index in [0.29, 0.717) is 18.1 Å². The van der Waals surface area contributed by atoms with Crippen LogP contribution in [0.4, 0.5) is 26.3 Å². The van der Waals surface area contributed by atoms with Crippen molar-refractivity contribution in [2.75, 3.05) is 0 Å². The zero-order valence-electron chi connectivity index (χ0n) is 17.7. The molecule has 0 atom stereocenters. The molecule has 176 valence electrons. The Hall–Kier alpha value is -2.38. The van der Waals surface area contributed by atoms with Gasteiger partial charge in [0.1, 0.15) is 5.75 Å². The molecule has 0 N–H and O–H groups in total. The molecule has 2 nitrogen and oxygen atoms in total. The van der Waals surface area contributed by atoms with Crippen molar-refractivity contribution in [3.05, 3.63) is 59.2 Å². The molecule has 0 saturated heterocycles. The molecule has 0 aliphatic heterocycles. The zero-order valence-corrected chi connectivity index (χ0v) is 17.7. The molecule has 0 unspecified atom stereocenters. The fourth-order valence-corrected chi connectivity index (χ4v) is 4.17. The highest BCUT2D eigenvalue weighted by molar-refractivity contribution is 5.36. The fourth-order valence-electron chi connectivity index (χ4n) is 4.17. The van der Waals surface area contributed by atoms with Gasteiger partial charge in [0.2, 0.25) is 0 Å². The number of halogens is 6. The molecule has 0 heterocycles. The van der Waals surface area contributed by atoms with E-state index in [1.165, 1.54) is 44.2 Å². The largest absolute Gasteiger partial charge is 0.429 e. The normalized spacial score (nSPS) is 19.2. The van der Waals surface area contributed by atoms with E-state index in [1.54, 1.807) is 12.1 Å². The molecule has 2 aromatic rings. The van der Waals surface area contributed by atoms with Crippen LogP contribution in [-0.2, 0) is 12.5 Å². The van der Waals surface area contributed by atoms with Crippen LogP contribution in [0.5, 0.6) is 11.5 Å². The lowest BCUT2D eigenvalue weighted by Crippen LogP contribution is -2.22. The molecule has 0 aromatic heterocycles. The Kier molecular flexibility index (Phi) is 7.96. The van der Waals surface area contributed by atoms with Crippen LogP contribution in [0, 0.1) is 23.5 Å². The van der Waals surface area contributed by atoms with Crippen molar-refractivity contribution >= 4 is 0 Å². The summed E-state index contributed by atoms with van der Waals surface area (Å²) in [6, 6.07) is 6.34. The van der Waals surface area contributed by atoms with E-state index in [4.69, 9.17) is 0 Å². The Bertz CT molecular complexity index is 854. The summed E-state index contributed by atoms with van der Waals surface area (Å²) in [5.41, 5.74) is 0.436. The smallest absolute Gasteiger partial charge is 0.426 e. The maximum atomic E-state index is 14.5. The van der Waals surface area contributed by atoms with E-state index in [9.17, 15) is 26.3 Å². The van der Waals surface area contributed by atoms with Crippen molar-refractivity contribution in [1.29, 1.82) is 0 Å². The first-order chi connectivity index (χ1) is 15.2. The Balaban J connectivity index is 1.60. The van der Waals surface area contributed by atoms with Crippen LogP contribution < -0.4 is 9.47 Å². The molecule has 3 rings (SSSR count). The fraction of sp³-hybridized carbons (Fsp3) is 0.500. The van der Waals surface area contributed by atoms with Gasteiger partial charge in [-0.1, -0.05) is 51.2 Å². The van der Waals surface area contributed by atoms with Crippen LogP contribution in [0.15, 0.2) is 36.4 Å². The van der Waals surface area contributed by atoms with Crippen molar-refractivity contribution in [1.82, 2.24) is 0 Å². The maximum absolute atomic E-state index is 14.5. The average Bonchev–Trinajstić information content (AvgIpc) is 2.75. The van der Waals surface area contributed by atoms with E-state index in [1.807, 2.05) is 0 Å². The Morgan fingerprint density at radius 3 is 2.03 bits per heavy atom. The predicted octanol–water partition coefficient (Wildman–Crippen LogP) is 7.84. The van der Waals surface area contributed by atoms with Crippen LogP contribution in [0.3, 0.4) is 0 Å². The average molecular weight is 460 g/mol. The topological polar surface area (TPSA) is 18.5 Å². The highest BCUT2D eigenvalue weighted by Gasteiger charge is 2.35. The van der Waals surface area contributed by atoms with E-state index in [2.05, 4.69) is 16.4 Å². The van der Waals surface area contributed by atoms with Crippen LogP contribution in [-0.4, -0.2) is 6.61 Å². The first kappa shape index (κ1) is 24.3. The molecule has 0 radical (unpaired) electrons. The first-order valence-corrected chi connectivity index (χ1v) is 10.8. The van der Waals surface area contributed by atoms with Gasteiger partial charge in [-0.25, -0.2) is 8.78 Å². The third kappa shape index (κ3) is 6.33.